The summed E-state index contributed by atoms with van der Waals surface area (Å²) in [4.78, 5) is 0. The van der Waals surface area contributed by atoms with Crippen molar-refractivity contribution in [2.24, 2.45) is 0 Å². The van der Waals surface area contributed by atoms with Gasteiger partial charge < -0.3 is 24.8 Å². The van der Waals surface area contributed by atoms with E-state index in [0.29, 0.717) is 0 Å². The molecule has 8 aromatic rings. The van der Waals surface area contributed by atoms with Crippen LogP contribution >= 0.6 is 0 Å². The van der Waals surface area contributed by atoms with Crippen molar-refractivity contribution in [1.29, 1.82) is 0 Å². The maximum absolute atomic E-state index is 3.19. The Kier molecular flexibility index (Phi) is 24.3. The minimum atomic E-state index is 0. The molecule has 2 aliphatic rings. The molecular weight excluding hydrogens is 950 g/mol. The molecule has 308 valence electrons. The third-order valence-electron chi connectivity index (χ3n) is 10.1. The van der Waals surface area contributed by atoms with Crippen LogP contribution < -0.4 is 24.8 Å². The first-order valence-corrected chi connectivity index (χ1v) is 22.8. The Balaban J connectivity index is 0.000000201. The van der Waals surface area contributed by atoms with Gasteiger partial charge in [0.25, 0.3) is 0 Å². The van der Waals surface area contributed by atoms with E-state index in [-0.39, 0.29) is 24.8 Å². The van der Waals surface area contributed by atoms with Crippen molar-refractivity contribution in [3.8, 4) is 0 Å². The molecule has 0 bridgehead atoms. The van der Waals surface area contributed by atoms with Gasteiger partial charge in [0.1, 0.15) is 0 Å². The summed E-state index contributed by atoms with van der Waals surface area (Å²) < 4.78 is 2.83. The van der Waals surface area contributed by atoms with Gasteiger partial charge in [-0.1, -0.05) is 26.0 Å². The maximum Gasteiger partial charge on any atom is -0.0809 e. The molecule has 0 spiro atoms. The maximum atomic E-state index is 3.19. The molecule has 0 atom stereocenters. The molecule has 0 amide bonds. The van der Waals surface area contributed by atoms with Crippen LogP contribution in [0.15, 0.2) is 241 Å². The van der Waals surface area contributed by atoms with Crippen LogP contribution in [0.5, 0.6) is 0 Å². The van der Waals surface area contributed by atoms with E-state index in [1.807, 2.05) is 0 Å². The van der Waals surface area contributed by atoms with Crippen molar-refractivity contribution in [2.75, 3.05) is 0 Å². The first kappa shape index (κ1) is 51.9. The third kappa shape index (κ3) is 17.4. The number of allylic oxidation sites excluding steroid dienone is 8. The first-order chi connectivity index (χ1) is 29.3. The van der Waals surface area contributed by atoms with Gasteiger partial charge >= 0.3 is 198 Å². The smallest absolute Gasteiger partial charge is 0.0809 e. The van der Waals surface area contributed by atoms with Gasteiger partial charge in [-0.3, -0.25) is 12.2 Å². The molecule has 4 heteroatoms. The Morgan fingerprint density at radius 2 is 0.661 bits per heavy atom. The zero-order valence-corrected chi connectivity index (χ0v) is 42.4. The Labute approximate surface area is 413 Å². The number of halogens is 2. The molecule has 0 N–H and O–H groups in total. The summed E-state index contributed by atoms with van der Waals surface area (Å²) in [5, 5.41) is 5.32. The number of fused-ring (bicyclic) bond motifs is 2. The molecule has 0 aliphatic heterocycles. The zero-order chi connectivity index (χ0) is 42.4. The van der Waals surface area contributed by atoms with Crippen LogP contribution in [-0.2, 0) is 48.5 Å². The van der Waals surface area contributed by atoms with Crippen LogP contribution in [0.25, 0.3) is 21.5 Å². The van der Waals surface area contributed by atoms with Gasteiger partial charge in [0.15, 0.2) is 0 Å². The molecule has 8 aromatic carbocycles. The second-order valence-corrected chi connectivity index (χ2v) is 16.8. The molecule has 62 heavy (non-hydrogen) atoms. The molecule has 0 aromatic heterocycles. The van der Waals surface area contributed by atoms with Crippen molar-refractivity contribution in [3.05, 3.63) is 275 Å². The van der Waals surface area contributed by atoms with Crippen LogP contribution in [0.4, 0.5) is 0 Å². The van der Waals surface area contributed by atoms with Gasteiger partial charge in [0.05, 0.1) is 0 Å². The Morgan fingerprint density at radius 3 is 0.887 bits per heavy atom. The molecule has 0 fully saturated rings. The summed E-state index contributed by atoms with van der Waals surface area (Å²) in [6, 6.07) is 71.6. The van der Waals surface area contributed by atoms with Gasteiger partial charge in [-0.05, 0) is 0 Å². The van der Waals surface area contributed by atoms with Gasteiger partial charge in [0, 0.05) is 0 Å². The summed E-state index contributed by atoms with van der Waals surface area (Å²) in [6.07, 6.45) is 12.8. The number of hydrogen-bond acceptors (Lipinski definition) is 0. The zero-order valence-electron chi connectivity index (χ0n) is 36.0. The molecule has 0 saturated carbocycles. The second kappa shape index (κ2) is 29.0. The molecule has 0 saturated heterocycles. The van der Waals surface area contributed by atoms with Crippen molar-refractivity contribution in [1.82, 2.24) is 0 Å². The van der Waals surface area contributed by atoms with E-state index in [0.717, 1.165) is 12.8 Å². The fourth-order valence-corrected chi connectivity index (χ4v) is 7.83. The Morgan fingerprint density at radius 1 is 0.387 bits per heavy atom. The molecule has 0 nitrogen and oxygen atoms in total. The van der Waals surface area contributed by atoms with Gasteiger partial charge in [-0.25, -0.2) is 22.3 Å². The van der Waals surface area contributed by atoms with Crippen molar-refractivity contribution in [3.63, 3.8) is 0 Å². The van der Waals surface area contributed by atoms with Gasteiger partial charge in [-0.15, -0.1) is 86.0 Å². The average molecular weight is 1000 g/mol. The summed E-state index contributed by atoms with van der Waals surface area (Å²) in [7, 11) is 0. The second-order valence-electron chi connectivity index (χ2n) is 14.3. The molecule has 0 unspecified atom stereocenters. The van der Waals surface area contributed by atoms with E-state index in [1.54, 1.807) is 0 Å². The van der Waals surface area contributed by atoms with Crippen LogP contribution in [0, 0.1) is 12.2 Å². The number of benzene rings is 6. The fourth-order valence-electron chi connectivity index (χ4n) is 6.19. The summed E-state index contributed by atoms with van der Waals surface area (Å²) >= 11 is 2.92. The molecule has 10 rings (SSSR count). The van der Waals surface area contributed by atoms with E-state index in [1.165, 1.54) is 121 Å². The molecule has 0 radical (unpaired) electrons. The Hall–Kier alpha value is -4.41. The third-order valence-corrected chi connectivity index (χ3v) is 12.9. The summed E-state index contributed by atoms with van der Waals surface area (Å²) in [5.41, 5.74) is 10.7. The monoisotopic (exact) mass is 998 g/mol. The van der Waals surface area contributed by atoms with Crippen molar-refractivity contribution >= 4 is 28.0 Å². The van der Waals surface area contributed by atoms with E-state index >= 15 is 0 Å². The SMILES string of the molecule is CC1=[C-]CC=C1C.CC1=[C-]CC=C1C.[Cl-].[Cl-].[Zr+2]=[C](c1ccccc1)c1ccccc1.[Zr+2]=[C](c1ccccc1)c1ccccc1.c1ccc2[cH-]ccc2c1.c1ccc2[cH-]ccc2c1. The number of hydrogen-bond donors (Lipinski definition) is 0. The van der Waals surface area contributed by atoms with E-state index in [2.05, 4.69) is 258 Å². The number of rotatable bonds is 4. The van der Waals surface area contributed by atoms with E-state index in [9.17, 15) is 0 Å². The van der Waals surface area contributed by atoms with Crippen LogP contribution in [-0.4, -0.2) is 6.41 Å². The minimum absolute atomic E-state index is 0. The van der Waals surface area contributed by atoms with Gasteiger partial charge in [-0.2, -0.15) is 47.2 Å². The van der Waals surface area contributed by atoms with Crippen LogP contribution in [0.2, 0.25) is 0 Å². The minimum Gasteiger partial charge on any atom is -0.168 e. The van der Waals surface area contributed by atoms with Gasteiger partial charge in [0.2, 0.25) is 0 Å². The van der Waals surface area contributed by atoms with Crippen molar-refractivity contribution in [2.45, 2.75) is 40.5 Å². The summed E-state index contributed by atoms with van der Waals surface area (Å²) in [5.74, 6) is 0. The molecule has 0 heterocycles. The fraction of sp³-hybridized carbons (Fsp3) is 0.103. The Bertz CT molecular complexity index is 2280. The average Bonchev–Trinajstić information content (AvgIpc) is 4.15. The molecule has 2 aliphatic carbocycles. The van der Waals surface area contributed by atoms with Crippen LogP contribution in [0.3, 0.4) is 0 Å². The summed E-state index contributed by atoms with van der Waals surface area (Å²) in [6.45, 7) is 8.43. The quantitative estimate of drug-likeness (QED) is 0.155. The molecular formula is C58H52Cl2Zr2-2. The first-order valence-electron chi connectivity index (χ1n) is 20.4. The predicted octanol–water partition coefficient (Wildman–Crippen LogP) is 8.90. The largest absolute Gasteiger partial charge is 0.168 e. The van der Waals surface area contributed by atoms with Crippen LogP contribution in [0.1, 0.15) is 62.8 Å². The van der Waals surface area contributed by atoms with E-state index in [4.69, 9.17) is 0 Å². The standard InChI is InChI=1S/2C13H10.2C9H7.2C7H9.2ClH.2Zr/c2*1-3-7-12(8-4-1)11-13-9-5-2-6-10-13;2*1-2-5-9-7-3-6-8(9)4-1;2*1-6-4-3-5-7(6)2;;;;/h2*1-10H;2*1-7H;2*4H,3H2,1-2H3;2*1H;;/q;;4*-1;;;2*+2/p-2. The predicted molar refractivity (Wildman–Crippen MR) is 253 cm³/mol. The normalized spacial score (nSPS) is 11.7. The van der Waals surface area contributed by atoms with Crippen molar-refractivity contribution < 1.29 is 73.3 Å². The topological polar surface area (TPSA) is 0 Å². The van der Waals surface area contributed by atoms with E-state index < -0.39 is 0 Å².